The number of sulfonamides is 1. The second-order valence-electron chi connectivity index (χ2n) is 8.45. The van der Waals surface area contributed by atoms with E-state index in [1.807, 2.05) is 57.2 Å². The van der Waals surface area contributed by atoms with Crippen molar-refractivity contribution in [2.75, 3.05) is 17.6 Å². The molecule has 3 rings (SSSR count). The van der Waals surface area contributed by atoms with Crippen molar-refractivity contribution in [1.82, 2.24) is 5.32 Å². The molecule has 0 spiro atoms. The summed E-state index contributed by atoms with van der Waals surface area (Å²) in [4.78, 5) is 13.3. The molecule has 0 fully saturated rings. The minimum absolute atomic E-state index is 0.214. The van der Waals surface area contributed by atoms with Crippen molar-refractivity contribution in [3.8, 4) is 5.75 Å². The number of aryl methyl sites for hydroxylation is 2. The molecule has 7 heteroatoms. The lowest BCUT2D eigenvalue weighted by Gasteiger charge is -2.25. The van der Waals surface area contributed by atoms with Gasteiger partial charge in [0.15, 0.2) is 6.10 Å². The molecule has 0 aliphatic rings. The smallest absolute Gasteiger partial charge is 0.261 e. The first-order valence-corrected chi connectivity index (χ1v) is 13.1. The third-order valence-corrected chi connectivity index (χ3v) is 7.00. The first-order chi connectivity index (χ1) is 16.1. The third-order valence-electron chi connectivity index (χ3n) is 5.80. The van der Waals surface area contributed by atoms with Gasteiger partial charge >= 0.3 is 0 Å². The molecule has 1 N–H and O–H groups in total. The fourth-order valence-electron chi connectivity index (χ4n) is 3.78. The Morgan fingerprint density at radius 1 is 1.00 bits per heavy atom. The lowest BCUT2D eigenvalue weighted by Crippen LogP contribution is -2.40. The van der Waals surface area contributed by atoms with Crippen LogP contribution < -0.4 is 14.4 Å². The topological polar surface area (TPSA) is 75.7 Å². The Hall–Kier alpha value is -3.32. The van der Waals surface area contributed by atoms with E-state index in [0.29, 0.717) is 17.9 Å². The summed E-state index contributed by atoms with van der Waals surface area (Å²) in [7, 11) is -1.86. The highest BCUT2D eigenvalue weighted by molar-refractivity contribution is 7.92. The van der Waals surface area contributed by atoms with Gasteiger partial charge in [-0.2, -0.15) is 0 Å². The van der Waals surface area contributed by atoms with Crippen LogP contribution in [0.15, 0.2) is 72.8 Å². The zero-order chi connectivity index (χ0) is 24.9. The van der Waals surface area contributed by atoms with E-state index >= 15 is 0 Å². The second-order valence-corrected chi connectivity index (χ2v) is 10.5. The van der Waals surface area contributed by atoms with Crippen LogP contribution in [0, 0.1) is 13.8 Å². The van der Waals surface area contributed by atoms with Gasteiger partial charge < -0.3 is 10.1 Å². The number of amides is 1. The molecular weight excluding hydrogens is 448 g/mol. The van der Waals surface area contributed by atoms with E-state index in [1.165, 1.54) is 16.9 Å². The van der Waals surface area contributed by atoms with E-state index < -0.39 is 16.1 Å². The van der Waals surface area contributed by atoms with Gasteiger partial charge in [-0.1, -0.05) is 61.0 Å². The average molecular weight is 481 g/mol. The van der Waals surface area contributed by atoms with Gasteiger partial charge in [-0.25, -0.2) is 8.42 Å². The lowest BCUT2D eigenvalue weighted by atomic mass is 9.93. The number of nitrogens with one attached hydrogen (secondary N) is 1. The van der Waals surface area contributed by atoms with Gasteiger partial charge in [0.25, 0.3) is 5.91 Å². The first-order valence-electron chi connectivity index (χ1n) is 11.2. The quantitative estimate of drug-likeness (QED) is 0.479. The van der Waals surface area contributed by atoms with Crippen molar-refractivity contribution < 1.29 is 17.9 Å². The summed E-state index contributed by atoms with van der Waals surface area (Å²) in [5, 5.41) is 3.18. The maximum absolute atomic E-state index is 13.3. The van der Waals surface area contributed by atoms with E-state index in [-0.39, 0.29) is 11.9 Å². The Labute approximate surface area is 202 Å². The summed E-state index contributed by atoms with van der Waals surface area (Å²) in [6, 6.07) is 22.4. The first kappa shape index (κ1) is 25.3. The van der Waals surface area contributed by atoms with E-state index in [2.05, 4.69) is 17.4 Å². The van der Waals surface area contributed by atoms with Gasteiger partial charge in [0.1, 0.15) is 5.75 Å². The zero-order valence-electron chi connectivity index (χ0n) is 20.3. The maximum Gasteiger partial charge on any atom is 0.261 e. The summed E-state index contributed by atoms with van der Waals surface area (Å²) in [5.74, 6) is 0.282. The fraction of sp³-hybridized carbons (Fsp3) is 0.296. The summed E-state index contributed by atoms with van der Waals surface area (Å²) in [6.45, 7) is 5.99. The summed E-state index contributed by atoms with van der Waals surface area (Å²) in [5.41, 5.74) is 4.82. The van der Waals surface area contributed by atoms with Gasteiger partial charge in [0, 0.05) is 7.05 Å². The highest BCUT2D eigenvalue weighted by Crippen LogP contribution is 2.27. The number of rotatable bonds is 9. The Bertz CT molecular complexity index is 1230. The molecule has 2 atom stereocenters. The van der Waals surface area contributed by atoms with Gasteiger partial charge in [0.2, 0.25) is 10.0 Å². The molecule has 0 saturated carbocycles. The van der Waals surface area contributed by atoms with E-state index in [0.717, 1.165) is 22.9 Å². The Kier molecular flexibility index (Phi) is 7.99. The molecule has 180 valence electrons. The molecular formula is C27H32N2O4S. The monoisotopic (exact) mass is 480 g/mol. The van der Waals surface area contributed by atoms with Crippen molar-refractivity contribution in [2.45, 2.75) is 39.3 Å². The molecule has 0 aliphatic heterocycles. The molecule has 0 saturated heterocycles. The number of anilines is 1. The molecule has 0 radical (unpaired) electrons. The summed E-state index contributed by atoms with van der Waals surface area (Å²) in [6.07, 6.45) is 0.925. The number of carbonyl (C=O) groups excluding carboxylic acids is 1. The molecule has 3 aromatic carbocycles. The summed E-state index contributed by atoms with van der Waals surface area (Å²) >= 11 is 0. The molecule has 6 nitrogen and oxygen atoms in total. The standard InChI is InChI=1S/C27H32N2O4S/c1-6-25(33-23-15-13-22(14-16-23)29(4)34(5,31)32)27(30)28-26(21-10-8-7-9-11-21)24-17-12-19(2)18-20(24)3/h7-18,25-26H,6H2,1-5H3,(H,28,30). The van der Waals surface area contributed by atoms with Crippen LogP contribution in [0.2, 0.25) is 0 Å². The SMILES string of the molecule is CCC(Oc1ccc(N(C)S(C)(=O)=O)cc1)C(=O)NC(c1ccccc1)c1ccc(C)cc1C. The Morgan fingerprint density at radius 2 is 1.65 bits per heavy atom. The number of ether oxygens (including phenoxy) is 1. The highest BCUT2D eigenvalue weighted by Gasteiger charge is 2.25. The minimum Gasteiger partial charge on any atom is -0.481 e. The molecule has 0 bridgehead atoms. The minimum atomic E-state index is -3.35. The predicted molar refractivity (Wildman–Crippen MR) is 137 cm³/mol. The molecule has 0 aliphatic carbocycles. The predicted octanol–water partition coefficient (Wildman–Crippen LogP) is 4.76. The van der Waals surface area contributed by atoms with E-state index in [1.54, 1.807) is 24.3 Å². The summed E-state index contributed by atoms with van der Waals surface area (Å²) < 4.78 is 30.7. The van der Waals surface area contributed by atoms with Crippen molar-refractivity contribution in [1.29, 1.82) is 0 Å². The normalized spacial score (nSPS) is 13.1. The van der Waals surface area contributed by atoms with Crippen LogP contribution in [0.25, 0.3) is 0 Å². The Morgan fingerprint density at radius 3 is 2.21 bits per heavy atom. The van der Waals surface area contributed by atoms with Crippen LogP contribution in [0.4, 0.5) is 5.69 Å². The van der Waals surface area contributed by atoms with Crippen LogP contribution in [0.1, 0.15) is 41.6 Å². The number of hydrogen-bond acceptors (Lipinski definition) is 4. The molecule has 2 unspecified atom stereocenters. The van der Waals surface area contributed by atoms with Crippen LogP contribution in [0.5, 0.6) is 5.75 Å². The second kappa shape index (κ2) is 10.7. The maximum atomic E-state index is 13.3. The van der Waals surface area contributed by atoms with Crippen molar-refractivity contribution in [3.05, 3.63) is 95.1 Å². The molecule has 1 amide bonds. The van der Waals surface area contributed by atoms with Gasteiger partial charge in [0.05, 0.1) is 18.0 Å². The molecule has 3 aromatic rings. The molecule has 34 heavy (non-hydrogen) atoms. The highest BCUT2D eigenvalue weighted by atomic mass is 32.2. The molecule has 0 heterocycles. The molecule has 0 aromatic heterocycles. The van der Waals surface area contributed by atoms with Crippen LogP contribution in [0.3, 0.4) is 0 Å². The van der Waals surface area contributed by atoms with Crippen molar-refractivity contribution in [2.24, 2.45) is 0 Å². The van der Waals surface area contributed by atoms with Gasteiger partial charge in [-0.15, -0.1) is 0 Å². The van der Waals surface area contributed by atoms with Gasteiger partial charge in [-0.3, -0.25) is 9.10 Å². The lowest BCUT2D eigenvalue weighted by molar-refractivity contribution is -0.128. The number of hydrogen-bond donors (Lipinski definition) is 1. The average Bonchev–Trinajstić information content (AvgIpc) is 2.81. The van der Waals surface area contributed by atoms with Gasteiger partial charge in [-0.05, 0) is 61.2 Å². The van der Waals surface area contributed by atoms with Crippen LogP contribution in [-0.4, -0.2) is 33.7 Å². The van der Waals surface area contributed by atoms with Crippen LogP contribution in [-0.2, 0) is 14.8 Å². The fourth-order valence-corrected chi connectivity index (χ4v) is 4.29. The number of nitrogens with zero attached hydrogens (tertiary/aromatic N) is 1. The van der Waals surface area contributed by atoms with Crippen molar-refractivity contribution in [3.63, 3.8) is 0 Å². The largest absolute Gasteiger partial charge is 0.481 e. The third kappa shape index (κ3) is 6.17. The van der Waals surface area contributed by atoms with Crippen LogP contribution >= 0.6 is 0 Å². The zero-order valence-corrected chi connectivity index (χ0v) is 21.1. The Balaban J connectivity index is 1.81. The number of carbonyl (C=O) groups is 1. The number of benzene rings is 3. The van der Waals surface area contributed by atoms with Crippen molar-refractivity contribution >= 4 is 21.6 Å². The van der Waals surface area contributed by atoms with E-state index in [4.69, 9.17) is 4.74 Å². The van der Waals surface area contributed by atoms with E-state index in [9.17, 15) is 13.2 Å².